The highest BCUT2D eigenvalue weighted by atomic mass is 19.4. The number of halogens is 3. The summed E-state index contributed by atoms with van der Waals surface area (Å²) in [5.41, 5.74) is -1.58. The molecule has 0 saturated carbocycles. The zero-order valence-corrected chi connectivity index (χ0v) is 11.4. The molecule has 0 spiro atoms. The van der Waals surface area contributed by atoms with Gasteiger partial charge in [0, 0.05) is 13.5 Å². The van der Waals surface area contributed by atoms with Gasteiger partial charge in [-0.25, -0.2) is 4.98 Å². The number of methoxy groups -OCH3 is 1. The van der Waals surface area contributed by atoms with Crippen LogP contribution in [0.4, 0.5) is 13.2 Å². The molecule has 0 amide bonds. The third kappa shape index (κ3) is 4.38. The van der Waals surface area contributed by atoms with Gasteiger partial charge in [-0.15, -0.1) is 0 Å². The molecule has 0 saturated heterocycles. The molecule has 4 nitrogen and oxygen atoms in total. The summed E-state index contributed by atoms with van der Waals surface area (Å²) in [5, 5.41) is 8.84. The van der Waals surface area contributed by atoms with Crippen LogP contribution < -0.4 is 4.74 Å². The number of alkyl halides is 3. The van der Waals surface area contributed by atoms with Crippen LogP contribution in [0.5, 0.6) is 5.88 Å². The highest BCUT2D eigenvalue weighted by Crippen LogP contribution is 2.30. The summed E-state index contributed by atoms with van der Waals surface area (Å²) in [5.74, 6) is -0.311. The van der Waals surface area contributed by atoms with Gasteiger partial charge in [0.25, 0.3) is 0 Å². The van der Waals surface area contributed by atoms with Gasteiger partial charge in [-0.3, -0.25) is 0 Å². The van der Waals surface area contributed by atoms with Crippen molar-refractivity contribution in [2.75, 3.05) is 13.7 Å². The van der Waals surface area contributed by atoms with Crippen LogP contribution in [0.1, 0.15) is 31.5 Å². The van der Waals surface area contributed by atoms with E-state index in [1.54, 1.807) is 6.07 Å². The van der Waals surface area contributed by atoms with Crippen molar-refractivity contribution in [2.24, 2.45) is 0 Å². The van der Waals surface area contributed by atoms with Crippen LogP contribution >= 0.6 is 0 Å². The van der Waals surface area contributed by atoms with Crippen LogP contribution in [-0.2, 0) is 10.9 Å². The SMILES string of the molecule is COC(C)(C)CCOc1nc(C(F)(F)F)ccc1C#N. The molecule has 0 N–H and O–H groups in total. The van der Waals surface area contributed by atoms with Gasteiger partial charge >= 0.3 is 6.18 Å². The lowest BCUT2D eigenvalue weighted by Gasteiger charge is -2.22. The summed E-state index contributed by atoms with van der Waals surface area (Å²) in [6.45, 7) is 3.74. The third-order valence-electron chi connectivity index (χ3n) is 2.77. The molecule has 0 radical (unpaired) electrons. The average molecular weight is 288 g/mol. The van der Waals surface area contributed by atoms with Gasteiger partial charge in [0.1, 0.15) is 17.3 Å². The van der Waals surface area contributed by atoms with Gasteiger partial charge in [0.05, 0.1) is 12.2 Å². The number of hydrogen-bond acceptors (Lipinski definition) is 4. The van der Waals surface area contributed by atoms with E-state index in [1.165, 1.54) is 7.11 Å². The highest BCUT2D eigenvalue weighted by molar-refractivity contribution is 5.39. The highest BCUT2D eigenvalue weighted by Gasteiger charge is 2.33. The van der Waals surface area contributed by atoms with Crippen LogP contribution in [0.15, 0.2) is 12.1 Å². The molecule has 110 valence electrons. The molecule has 0 unspecified atom stereocenters. The van der Waals surface area contributed by atoms with Crippen molar-refractivity contribution in [1.82, 2.24) is 4.98 Å². The Labute approximate surface area is 115 Å². The van der Waals surface area contributed by atoms with Crippen molar-refractivity contribution in [1.29, 1.82) is 5.26 Å². The van der Waals surface area contributed by atoms with Crippen molar-refractivity contribution in [3.05, 3.63) is 23.4 Å². The molecule has 1 aromatic heterocycles. The summed E-state index contributed by atoms with van der Waals surface area (Å²) < 4.78 is 48.0. The predicted molar refractivity (Wildman–Crippen MR) is 65.2 cm³/mol. The third-order valence-corrected chi connectivity index (χ3v) is 2.77. The van der Waals surface area contributed by atoms with E-state index in [-0.39, 0.29) is 18.1 Å². The standard InChI is InChI=1S/C13H15F3N2O2/c1-12(2,19-3)6-7-20-11-9(8-17)4-5-10(18-11)13(14,15)16/h4-5H,6-7H2,1-3H3. The zero-order chi connectivity index (χ0) is 15.4. The Morgan fingerprint density at radius 2 is 1.95 bits per heavy atom. The van der Waals surface area contributed by atoms with E-state index in [0.29, 0.717) is 6.42 Å². The van der Waals surface area contributed by atoms with Crippen LogP contribution in [0, 0.1) is 11.3 Å². The Kier molecular flexibility index (Phi) is 4.95. The van der Waals surface area contributed by atoms with E-state index in [1.807, 2.05) is 13.8 Å². The Morgan fingerprint density at radius 1 is 1.30 bits per heavy atom. The molecular formula is C13H15F3N2O2. The Morgan fingerprint density at radius 3 is 2.45 bits per heavy atom. The van der Waals surface area contributed by atoms with E-state index >= 15 is 0 Å². The molecule has 0 atom stereocenters. The maximum Gasteiger partial charge on any atom is 0.433 e. The quantitative estimate of drug-likeness (QED) is 0.835. The number of rotatable bonds is 5. The molecule has 0 bridgehead atoms. The molecule has 7 heteroatoms. The summed E-state index contributed by atoms with van der Waals surface area (Å²) in [4.78, 5) is 3.35. The number of nitriles is 1. The van der Waals surface area contributed by atoms with Gasteiger partial charge < -0.3 is 9.47 Å². The monoisotopic (exact) mass is 288 g/mol. The fraction of sp³-hybridized carbons (Fsp3) is 0.538. The van der Waals surface area contributed by atoms with Crippen LogP contribution in [0.25, 0.3) is 0 Å². The molecule has 20 heavy (non-hydrogen) atoms. The van der Waals surface area contributed by atoms with Gasteiger partial charge in [-0.1, -0.05) is 0 Å². The lowest BCUT2D eigenvalue weighted by Crippen LogP contribution is -2.25. The molecule has 0 aliphatic carbocycles. The molecule has 0 aliphatic rings. The van der Waals surface area contributed by atoms with Crippen molar-refractivity contribution < 1.29 is 22.6 Å². The molecule has 0 aliphatic heterocycles. The first-order valence-electron chi connectivity index (χ1n) is 5.86. The number of ether oxygens (including phenoxy) is 2. The van der Waals surface area contributed by atoms with Crippen molar-refractivity contribution in [3.8, 4) is 11.9 Å². The maximum atomic E-state index is 12.5. The first kappa shape index (κ1) is 16.2. The van der Waals surface area contributed by atoms with Crippen molar-refractivity contribution in [3.63, 3.8) is 0 Å². The second kappa shape index (κ2) is 6.09. The van der Waals surface area contributed by atoms with E-state index in [9.17, 15) is 13.2 Å². The Balaban J connectivity index is 2.85. The lowest BCUT2D eigenvalue weighted by atomic mass is 10.1. The first-order valence-corrected chi connectivity index (χ1v) is 5.86. The summed E-state index contributed by atoms with van der Waals surface area (Å²) in [6, 6.07) is 3.55. The summed E-state index contributed by atoms with van der Waals surface area (Å²) >= 11 is 0. The maximum absolute atomic E-state index is 12.5. The van der Waals surface area contributed by atoms with Crippen LogP contribution in [0.2, 0.25) is 0 Å². The fourth-order valence-electron chi connectivity index (χ4n) is 1.29. The second-order valence-electron chi connectivity index (χ2n) is 4.72. The Hall–Kier alpha value is -1.81. The minimum atomic E-state index is -4.57. The smallest absolute Gasteiger partial charge is 0.433 e. The van der Waals surface area contributed by atoms with E-state index in [2.05, 4.69) is 4.98 Å². The molecule has 0 aromatic carbocycles. The number of hydrogen-bond donors (Lipinski definition) is 0. The van der Waals surface area contributed by atoms with Crippen molar-refractivity contribution >= 4 is 0 Å². The number of nitrogens with zero attached hydrogens (tertiary/aromatic N) is 2. The van der Waals surface area contributed by atoms with Gasteiger partial charge in [-0.2, -0.15) is 18.4 Å². The average Bonchev–Trinajstić information content (AvgIpc) is 2.37. The predicted octanol–water partition coefficient (Wildman–Crippen LogP) is 3.17. The summed E-state index contributed by atoms with van der Waals surface area (Å²) in [6.07, 6.45) is -4.12. The molecule has 1 aromatic rings. The topological polar surface area (TPSA) is 55.1 Å². The minimum absolute atomic E-state index is 0.0341. The zero-order valence-electron chi connectivity index (χ0n) is 11.4. The number of aromatic nitrogens is 1. The molecule has 1 heterocycles. The van der Waals surface area contributed by atoms with E-state index in [4.69, 9.17) is 14.7 Å². The molecule has 1 rings (SSSR count). The van der Waals surface area contributed by atoms with Crippen LogP contribution in [-0.4, -0.2) is 24.3 Å². The van der Waals surface area contributed by atoms with E-state index in [0.717, 1.165) is 12.1 Å². The first-order chi connectivity index (χ1) is 9.19. The Bertz CT molecular complexity index is 507. The minimum Gasteiger partial charge on any atom is -0.477 e. The molecule has 0 fully saturated rings. The number of pyridine rings is 1. The normalized spacial score (nSPS) is 12.1. The van der Waals surface area contributed by atoms with E-state index < -0.39 is 17.5 Å². The summed E-state index contributed by atoms with van der Waals surface area (Å²) in [7, 11) is 1.53. The van der Waals surface area contributed by atoms with Gasteiger partial charge in [0.15, 0.2) is 0 Å². The molecular weight excluding hydrogens is 273 g/mol. The van der Waals surface area contributed by atoms with Crippen LogP contribution in [0.3, 0.4) is 0 Å². The lowest BCUT2D eigenvalue weighted by molar-refractivity contribution is -0.141. The largest absolute Gasteiger partial charge is 0.477 e. The van der Waals surface area contributed by atoms with Crippen molar-refractivity contribution in [2.45, 2.75) is 32.0 Å². The van der Waals surface area contributed by atoms with Gasteiger partial charge in [0.2, 0.25) is 5.88 Å². The van der Waals surface area contributed by atoms with Gasteiger partial charge in [-0.05, 0) is 26.0 Å². The second-order valence-corrected chi connectivity index (χ2v) is 4.72. The fourth-order valence-corrected chi connectivity index (χ4v) is 1.29.